The lowest BCUT2D eigenvalue weighted by Gasteiger charge is -2.34. The number of para-hydroxylation sites is 1. The fourth-order valence-corrected chi connectivity index (χ4v) is 5.91. The molecule has 2 aromatic heterocycles. The van der Waals surface area contributed by atoms with E-state index >= 15 is 0 Å². The molecule has 2 aliphatic rings. The third-order valence-electron chi connectivity index (χ3n) is 8.21. The van der Waals surface area contributed by atoms with Gasteiger partial charge in [-0.2, -0.15) is 13.2 Å². The molecule has 0 spiro atoms. The molecule has 2 saturated heterocycles. The van der Waals surface area contributed by atoms with Crippen LogP contribution in [0.4, 0.5) is 19.1 Å². The monoisotopic (exact) mass is 598 g/mol. The second-order valence-electron chi connectivity index (χ2n) is 11.4. The van der Waals surface area contributed by atoms with E-state index in [4.69, 9.17) is 9.72 Å². The van der Waals surface area contributed by atoms with Gasteiger partial charge in [0, 0.05) is 44.0 Å². The van der Waals surface area contributed by atoms with Crippen molar-refractivity contribution >= 4 is 28.8 Å². The molecule has 4 heterocycles. The van der Waals surface area contributed by atoms with Crippen molar-refractivity contribution in [3.05, 3.63) is 60.4 Å². The van der Waals surface area contributed by atoms with Gasteiger partial charge in [0.2, 0.25) is 11.9 Å². The lowest BCUT2D eigenvalue weighted by Crippen LogP contribution is -2.41. The minimum atomic E-state index is -4.69. The number of hydrogen-bond acceptors (Lipinski definition) is 6. The van der Waals surface area contributed by atoms with Crippen LogP contribution in [-0.4, -0.2) is 74.5 Å². The number of nitrogens with one attached hydrogen (secondary N) is 1. The van der Waals surface area contributed by atoms with Crippen LogP contribution in [0.3, 0.4) is 0 Å². The van der Waals surface area contributed by atoms with Gasteiger partial charge in [-0.15, -0.1) is 0 Å². The lowest BCUT2D eigenvalue weighted by atomic mass is 10.1. The van der Waals surface area contributed by atoms with Gasteiger partial charge in [0.15, 0.2) is 0 Å². The molecule has 0 bridgehead atoms. The van der Waals surface area contributed by atoms with Gasteiger partial charge in [0.05, 0.1) is 11.6 Å². The van der Waals surface area contributed by atoms with Crippen LogP contribution in [0.1, 0.15) is 68.0 Å². The fourth-order valence-electron chi connectivity index (χ4n) is 5.91. The second-order valence-corrected chi connectivity index (χ2v) is 11.4. The van der Waals surface area contributed by atoms with Crippen LogP contribution < -0.4 is 10.1 Å². The van der Waals surface area contributed by atoms with E-state index in [9.17, 15) is 22.8 Å². The highest BCUT2D eigenvalue weighted by Crippen LogP contribution is 2.36. The topological polar surface area (TPSA) is 92.6 Å². The van der Waals surface area contributed by atoms with Crippen LogP contribution in [0.5, 0.6) is 5.75 Å². The van der Waals surface area contributed by atoms with Crippen LogP contribution in [0, 0.1) is 0 Å². The number of carbonyl (C=O) groups excluding carboxylic acids is 2. The Labute approximate surface area is 248 Å². The molecule has 43 heavy (non-hydrogen) atoms. The van der Waals surface area contributed by atoms with Crippen molar-refractivity contribution in [2.75, 3.05) is 31.5 Å². The lowest BCUT2D eigenvalue weighted by molar-refractivity contribution is -0.141. The highest BCUT2D eigenvalue weighted by Gasteiger charge is 2.34. The zero-order valence-electron chi connectivity index (χ0n) is 24.4. The smallest absolute Gasteiger partial charge is 0.433 e. The zero-order valence-corrected chi connectivity index (χ0v) is 24.4. The molecule has 2 fully saturated rings. The van der Waals surface area contributed by atoms with E-state index in [1.807, 2.05) is 22.8 Å². The Balaban J connectivity index is 1.53. The number of alkyl halides is 3. The number of piperidine rings is 1. The molecular formula is C31H37F3N6O3. The van der Waals surface area contributed by atoms with Crippen molar-refractivity contribution in [2.24, 2.45) is 0 Å². The summed E-state index contributed by atoms with van der Waals surface area (Å²) in [6, 6.07) is 7.66. The van der Waals surface area contributed by atoms with Crippen LogP contribution in [0.15, 0.2) is 49.2 Å². The SMILES string of the molecule is C=CC(=O)N1CCCCC(n2c(NC(=O)c3ccnc(C(F)(F)F)c3)nc3cccc(OC4CCN(C(C)C)CC4)c32)C1. The van der Waals surface area contributed by atoms with Gasteiger partial charge >= 0.3 is 6.18 Å². The molecule has 0 saturated carbocycles. The first kappa shape index (κ1) is 30.5. The molecule has 1 N–H and O–H groups in total. The maximum absolute atomic E-state index is 13.3. The van der Waals surface area contributed by atoms with Crippen molar-refractivity contribution in [1.82, 2.24) is 24.3 Å². The molecule has 1 unspecified atom stereocenters. The van der Waals surface area contributed by atoms with E-state index in [1.165, 1.54) is 12.1 Å². The number of ether oxygens (including phenoxy) is 1. The quantitative estimate of drug-likeness (QED) is 0.351. The van der Waals surface area contributed by atoms with Crippen molar-refractivity contribution in [3.8, 4) is 5.75 Å². The van der Waals surface area contributed by atoms with Gasteiger partial charge in [-0.1, -0.05) is 12.6 Å². The Kier molecular flexibility index (Phi) is 9.05. The van der Waals surface area contributed by atoms with E-state index in [-0.39, 0.29) is 29.6 Å². The maximum atomic E-state index is 13.3. The molecule has 1 atom stereocenters. The van der Waals surface area contributed by atoms with E-state index in [2.05, 4.69) is 35.6 Å². The Morgan fingerprint density at radius 3 is 2.58 bits per heavy atom. The molecule has 5 rings (SSSR count). The van der Waals surface area contributed by atoms with Crippen molar-refractivity contribution in [2.45, 2.75) is 70.3 Å². The number of amides is 2. The van der Waals surface area contributed by atoms with Crippen LogP contribution in [0.2, 0.25) is 0 Å². The molecule has 2 aliphatic heterocycles. The number of hydrogen-bond donors (Lipinski definition) is 1. The largest absolute Gasteiger partial charge is 0.488 e. The van der Waals surface area contributed by atoms with Crippen molar-refractivity contribution in [1.29, 1.82) is 0 Å². The average Bonchev–Trinajstić information content (AvgIpc) is 3.17. The van der Waals surface area contributed by atoms with E-state index in [0.717, 1.165) is 51.0 Å². The summed E-state index contributed by atoms with van der Waals surface area (Å²) in [6.45, 7) is 10.8. The first-order valence-electron chi connectivity index (χ1n) is 14.7. The highest BCUT2D eigenvalue weighted by molar-refractivity contribution is 6.04. The Morgan fingerprint density at radius 1 is 1.12 bits per heavy atom. The highest BCUT2D eigenvalue weighted by atomic mass is 19.4. The van der Waals surface area contributed by atoms with Gasteiger partial charge in [-0.25, -0.2) is 4.98 Å². The van der Waals surface area contributed by atoms with E-state index in [0.29, 0.717) is 42.3 Å². The van der Waals surface area contributed by atoms with E-state index < -0.39 is 17.8 Å². The third-order valence-corrected chi connectivity index (χ3v) is 8.21. The number of rotatable bonds is 7. The Bertz CT molecular complexity index is 1480. The molecule has 0 aliphatic carbocycles. The number of likely N-dealkylation sites (tertiary alicyclic amines) is 2. The van der Waals surface area contributed by atoms with Gasteiger partial charge in [0.25, 0.3) is 5.91 Å². The fraction of sp³-hybridized carbons (Fsp3) is 0.484. The normalized spacial score (nSPS) is 18.9. The predicted octanol–water partition coefficient (Wildman–Crippen LogP) is 5.69. The Morgan fingerprint density at radius 2 is 1.88 bits per heavy atom. The van der Waals surface area contributed by atoms with Gasteiger partial charge in [-0.05, 0) is 76.3 Å². The molecule has 3 aromatic rings. The minimum absolute atomic E-state index is 0.00687. The Hall–Kier alpha value is -3.93. The molecule has 9 nitrogen and oxygen atoms in total. The van der Waals surface area contributed by atoms with Gasteiger partial charge < -0.3 is 19.1 Å². The number of nitrogens with zero attached hydrogens (tertiary/aromatic N) is 5. The third kappa shape index (κ3) is 6.84. The summed E-state index contributed by atoms with van der Waals surface area (Å²) in [6.07, 6.45) is 1.60. The number of halogens is 3. The van der Waals surface area contributed by atoms with Gasteiger partial charge in [-0.3, -0.25) is 19.9 Å². The summed E-state index contributed by atoms with van der Waals surface area (Å²) in [5, 5.41) is 2.75. The summed E-state index contributed by atoms with van der Waals surface area (Å²) in [5.74, 6) is -0.149. The van der Waals surface area contributed by atoms with Crippen LogP contribution >= 0.6 is 0 Å². The maximum Gasteiger partial charge on any atom is 0.433 e. The minimum Gasteiger partial charge on any atom is -0.488 e. The summed E-state index contributed by atoms with van der Waals surface area (Å²) in [5.41, 5.74) is -0.106. The van der Waals surface area contributed by atoms with Crippen LogP contribution in [-0.2, 0) is 11.0 Å². The number of anilines is 1. The second kappa shape index (κ2) is 12.7. The first-order valence-corrected chi connectivity index (χ1v) is 14.7. The number of pyridine rings is 1. The molecule has 0 radical (unpaired) electrons. The summed E-state index contributed by atoms with van der Waals surface area (Å²) >= 11 is 0. The van der Waals surface area contributed by atoms with E-state index in [1.54, 1.807) is 4.90 Å². The number of benzene rings is 1. The number of imidazole rings is 1. The van der Waals surface area contributed by atoms with Crippen LogP contribution in [0.25, 0.3) is 11.0 Å². The summed E-state index contributed by atoms with van der Waals surface area (Å²) < 4.78 is 48.4. The molecular weight excluding hydrogens is 561 g/mol. The average molecular weight is 599 g/mol. The predicted molar refractivity (Wildman–Crippen MR) is 157 cm³/mol. The number of fused-ring (bicyclic) bond motifs is 1. The summed E-state index contributed by atoms with van der Waals surface area (Å²) in [7, 11) is 0. The number of carbonyl (C=O) groups is 2. The number of aromatic nitrogens is 3. The standard InChI is InChI=1S/C31H37F3N6O3/c1-4-27(41)39-15-6-5-8-22(19-39)40-28-24(9-7-10-25(28)43-23-12-16-38(17-13-23)20(2)3)36-30(40)37-29(42)21-11-14-35-26(18-21)31(32,33)34/h4,7,9-11,14,18,20,22-23H,1,5-6,8,12-13,15-17,19H2,2-3H3,(H,36,37,42). The zero-order chi connectivity index (χ0) is 30.7. The van der Waals surface area contributed by atoms with Crippen molar-refractivity contribution < 1.29 is 27.5 Å². The molecule has 1 aromatic carbocycles. The molecule has 230 valence electrons. The van der Waals surface area contributed by atoms with Crippen molar-refractivity contribution in [3.63, 3.8) is 0 Å². The molecule has 2 amide bonds. The summed E-state index contributed by atoms with van der Waals surface area (Å²) in [4.78, 5) is 38.2. The van der Waals surface area contributed by atoms with Gasteiger partial charge in [0.1, 0.15) is 23.1 Å². The molecule has 12 heteroatoms. The first-order chi connectivity index (χ1) is 20.5.